The molecule has 1 saturated heterocycles. The predicted octanol–water partition coefficient (Wildman–Crippen LogP) is 3.10. The Bertz CT molecular complexity index is 1110. The lowest BCUT2D eigenvalue weighted by molar-refractivity contribution is -0.129. The van der Waals surface area contributed by atoms with Gasteiger partial charge < -0.3 is 10.2 Å². The molecule has 0 saturated carbocycles. The normalized spacial score (nSPS) is 18.1. The molecule has 7 heteroatoms. The Balaban J connectivity index is 1.66. The van der Waals surface area contributed by atoms with Gasteiger partial charge in [0, 0.05) is 38.1 Å². The molecule has 3 aromatic rings. The first-order valence-corrected chi connectivity index (χ1v) is 10.1. The van der Waals surface area contributed by atoms with E-state index in [1.54, 1.807) is 30.1 Å². The number of benzene rings is 2. The molecule has 0 spiro atoms. The number of hydrogen-bond acceptors (Lipinski definition) is 4. The van der Waals surface area contributed by atoms with E-state index < -0.39 is 5.41 Å². The topological polar surface area (TPSA) is 75.2 Å². The Morgan fingerprint density at radius 3 is 2.55 bits per heavy atom. The summed E-state index contributed by atoms with van der Waals surface area (Å²) < 4.78 is 14.5. The van der Waals surface area contributed by atoms with E-state index in [2.05, 4.69) is 15.3 Å². The van der Waals surface area contributed by atoms with E-state index in [-0.39, 0.29) is 29.9 Å². The number of nitrogens with one attached hydrogen (secondary N) is 1. The smallest absolute Gasteiger partial charge is 0.274 e. The third kappa shape index (κ3) is 4.03. The van der Waals surface area contributed by atoms with E-state index in [0.29, 0.717) is 24.9 Å². The number of hydrogen-bond donors (Lipinski definition) is 1. The van der Waals surface area contributed by atoms with Gasteiger partial charge in [-0.25, -0.2) is 9.37 Å². The van der Waals surface area contributed by atoms with Gasteiger partial charge in [-0.05, 0) is 30.0 Å². The molecule has 0 radical (unpaired) electrons. The van der Waals surface area contributed by atoms with Crippen LogP contribution in [0.3, 0.4) is 0 Å². The van der Waals surface area contributed by atoms with Crippen LogP contribution < -0.4 is 5.32 Å². The molecule has 2 heterocycles. The highest BCUT2D eigenvalue weighted by Crippen LogP contribution is 2.38. The van der Waals surface area contributed by atoms with Gasteiger partial charge in [0.1, 0.15) is 11.5 Å². The first-order chi connectivity index (χ1) is 15.0. The number of likely N-dealkylation sites (tertiary alicyclic amines) is 1. The molecule has 1 atom stereocenters. The maximum Gasteiger partial charge on any atom is 0.274 e. The highest BCUT2D eigenvalue weighted by molar-refractivity contribution is 5.93. The largest absolute Gasteiger partial charge is 0.359 e. The summed E-state index contributed by atoms with van der Waals surface area (Å²) in [4.78, 5) is 35.6. The molecule has 1 unspecified atom stereocenters. The highest BCUT2D eigenvalue weighted by atomic mass is 19.1. The van der Waals surface area contributed by atoms with E-state index in [0.717, 1.165) is 11.1 Å². The monoisotopic (exact) mass is 418 g/mol. The fraction of sp³-hybridized carbons (Fsp3) is 0.250. The number of nitrogens with zero attached hydrogens (tertiary/aromatic N) is 3. The minimum atomic E-state index is -0.812. The second-order valence-corrected chi connectivity index (χ2v) is 7.74. The zero-order valence-electron chi connectivity index (χ0n) is 17.2. The van der Waals surface area contributed by atoms with Gasteiger partial charge in [-0.15, -0.1) is 0 Å². The third-order valence-corrected chi connectivity index (χ3v) is 5.84. The summed E-state index contributed by atoms with van der Waals surface area (Å²) in [6, 6.07) is 14.1. The van der Waals surface area contributed by atoms with Gasteiger partial charge >= 0.3 is 0 Å². The van der Waals surface area contributed by atoms with Crippen molar-refractivity contribution in [2.45, 2.75) is 12.8 Å². The molecular formula is C24H23FN4O2. The standard InChI is InChI=1S/C24H23FN4O2/c1-26-23(31)24(10-13-29(16-24)22(30)21-15-27-11-12-28-21)14-17-6-2-3-7-18(17)19-8-4-5-9-20(19)25/h2-9,11-12,15H,10,13-14,16H2,1H3,(H,26,31). The van der Waals surface area contributed by atoms with Crippen molar-refractivity contribution in [1.82, 2.24) is 20.2 Å². The van der Waals surface area contributed by atoms with Crippen LogP contribution in [0, 0.1) is 11.2 Å². The molecule has 1 aliphatic rings. The van der Waals surface area contributed by atoms with Crippen molar-refractivity contribution in [2.24, 2.45) is 5.41 Å². The summed E-state index contributed by atoms with van der Waals surface area (Å²) in [6.45, 7) is 0.693. The number of carbonyl (C=O) groups is 2. The van der Waals surface area contributed by atoms with E-state index in [1.807, 2.05) is 24.3 Å². The van der Waals surface area contributed by atoms with Crippen LogP contribution in [0.5, 0.6) is 0 Å². The van der Waals surface area contributed by atoms with Gasteiger partial charge in [0.2, 0.25) is 5.91 Å². The van der Waals surface area contributed by atoms with Crippen LogP contribution >= 0.6 is 0 Å². The van der Waals surface area contributed by atoms with Crippen molar-refractivity contribution < 1.29 is 14.0 Å². The summed E-state index contributed by atoms with van der Waals surface area (Å²) in [6.07, 6.45) is 5.30. The lowest BCUT2D eigenvalue weighted by Gasteiger charge is -2.28. The molecular weight excluding hydrogens is 395 g/mol. The Hall–Kier alpha value is -3.61. The average Bonchev–Trinajstić information content (AvgIpc) is 3.24. The quantitative estimate of drug-likeness (QED) is 0.691. The third-order valence-electron chi connectivity index (χ3n) is 5.84. The Kier molecular flexibility index (Phi) is 5.75. The molecule has 4 rings (SSSR count). The zero-order valence-corrected chi connectivity index (χ0v) is 17.2. The SMILES string of the molecule is CNC(=O)C1(Cc2ccccc2-c2ccccc2F)CCN(C(=O)c2cnccn2)C1. The predicted molar refractivity (Wildman–Crippen MR) is 115 cm³/mol. The first-order valence-electron chi connectivity index (χ1n) is 10.1. The maximum absolute atomic E-state index is 14.5. The van der Waals surface area contributed by atoms with Crippen LogP contribution in [-0.4, -0.2) is 46.8 Å². The van der Waals surface area contributed by atoms with Crippen molar-refractivity contribution in [1.29, 1.82) is 0 Å². The minimum Gasteiger partial charge on any atom is -0.359 e. The Morgan fingerprint density at radius 1 is 1.10 bits per heavy atom. The lowest BCUT2D eigenvalue weighted by Crippen LogP contribution is -2.44. The van der Waals surface area contributed by atoms with Crippen molar-refractivity contribution in [2.75, 3.05) is 20.1 Å². The van der Waals surface area contributed by atoms with E-state index in [4.69, 9.17) is 0 Å². The summed E-state index contributed by atoms with van der Waals surface area (Å²) in [5, 5.41) is 2.76. The molecule has 2 aromatic carbocycles. The first kappa shape index (κ1) is 20.7. The summed E-state index contributed by atoms with van der Waals surface area (Å²) in [5.74, 6) is -0.693. The summed E-state index contributed by atoms with van der Waals surface area (Å²) >= 11 is 0. The number of rotatable bonds is 5. The van der Waals surface area contributed by atoms with E-state index in [1.165, 1.54) is 24.7 Å². The number of carbonyl (C=O) groups excluding carboxylic acids is 2. The van der Waals surface area contributed by atoms with Crippen molar-refractivity contribution in [3.8, 4) is 11.1 Å². The molecule has 31 heavy (non-hydrogen) atoms. The number of aromatic nitrogens is 2. The molecule has 6 nitrogen and oxygen atoms in total. The average molecular weight is 418 g/mol. The van der Waals surface area contributed by atoms with Crippen molar-refractivity contribution in [3.05, 3.63) is 84.2 Å². The van der Waals surface area contributed by atoms with Crippen LogP contribution in [0.25, 0.3) is 11.1 Å². The van der Waals surface area contributed by atoms with Crippen LogP contribution in [0.15, 0.2) is 67.1 Å². The molecule has 1 fully saturated rings. The van der Waals surface area contributed by atoms with Crippen molar-refractivity contribution in [3.63, 3.8) is 0 Å². The fourth-order valence-electron chi connectivity index (χ4n) is 4.27. The molecule has 0 aliphatic carbocycles. The lowest BCUT2D eigenvalue weighted by atomic mass is 9.78. The van der Waals surface area contributed by atoms with E-state index >= 15 is 0 Å². The molecule has 1 aromatic heterocycles. The van der Waals surface area contributed by atoms with Gasteiger partial charge in [-0.3, -0.25) is 14.6 Å². The highest BCUT2D eigenvalue weighted by Gasteiger charge is 2.46. The molecule has 0 bridgehead atoms. The van der Waals surface area contributed by atoms with Crippen LogP contribution in [-0.2, 0) is 11.2 Å². The fourth-order valence-corrected chi connectivity index (χ4v) is 4.27. The zero-order chi connectivity index (χ0) is 21.8. The minimum absolute atomic E-state index is 0.134. The summed E-state index contributed by atoms with van der Waals surface area (Å²) in [5.41, 5.74) is 1.55. The number of halogens is 1. The number of amides is 2. The second-order valence-electron chi connectivity index (χ2n) is 7.74. The summed E-state index contributed by atoms with van der Waals surface area (Å²) in [7, 11) is 1.60. The van der Waals surface area contributed by atoms with Crippen molar-refractivity contribution >= 4 is 11.8 Å². The van der Waals surface area contributed by atoms with Crippen LogP contribution in [0.2, 0.25) is 0 Å². The van der Waals surface area contributed by atoms with Gasteiger partial charge in [0.05, 0.1) is 11.6 Å². The second kappa shape index (κ2) is 8.63. The van der Waals surface area contributed by atoms with Gasteiger partial charge in [0.25, 0.3) is 5.91 Å². The Labute approximate surface area is 180 Å². The Morgan fingerprint density at radius 2 is 1.84 bits per heavy atom. The molecule has 158 valence electrons. The molecule has 1 N–H and O–H groups in total. The maximum atomic E-state index is 14.5. The van der Waals surface area contributed by atoms with Gasteiger partial charge in [-0.2, -0.15) is 0 Å². The van der Waals surface area contributed by atoms with Crippen LogP contribution in [0.4, 0.5) is 4.39 Å². The van der Waals surface area contributed by atoms with Gasteiger partial charge in [0.15, 0.2) is 0 Å². The molecule has 1 aliphatic heterocycles. The van der Waals surface area contributed by atoms with Gasteiger partial charge in [-0.1, -0.05) is 42.5 Å². The molecule has 2 amide bonds. The van der Waals surface area contributed by atoms with E-state index in [9.17, 15) is 14.0 Å². The van der Waals surface area contributed by atoms with Crippen LogP contribution in [0.1, 0.15) is 22.5 Å².